The van der Waals surface area contributed by atoms with Crippen LogP contribution in [0.25, 0.3) is 0 Å². The molecule has 1 aromatic heterocycles. The van der Waals surface area contributed by atoms with Gasteiger partial charge in [-0.2, -0.15) is 0 Å². The highest BCUT2D eigenvalue weighted by Gasteiger charge is 2.25. The van der Waals surface area contributed by atoms with Crippen molar-refractivity contribution in [3.8, 4) is 0 Å². The number of nitrogens with zero attached hydrogens (tertiary/aromatic N) is 2. The molecule has 4 rings (SSSR count). The number of carbonyl (C=O) groups excluding carboxylic acids is 1. The predicted octanol–water partition coefficient (Wildman–Crippen LogP) is 5.40. The summed E-state index contributed by atoms with van der Waals surface area (Å²) in [4.78, 5) is 17.4. The maximum Gasteiger partial charge on any atom is 0.264 e. The average Bonchev–Trinajstić information content (AvgIpc) is 3.33. The molecular formula is C24H23ClF2N2O2S. The molecule has 32 heavy (non-hydrogen) atoms. The van der Waals surface area contributed by atoms with E-state index in [1.807, 2.05) is 34.5 Å². The maximum atomic E-state index is 14.1. The largest absolute Gasteiger partial charge is 0.367 e. The SMILES string of the molecule is O=C(c1cccs1)N1CCN(C[C@@H](OCc2c(F)cccc2F)c2ccc(Cl)cc2)CC1. The Morgan fingerprint density at radius 3 is 2.31 bits per heavy atom. The smallest absolute Gasteiger partial charge is 0.264 e. The van der Waals surface area contributed by atoms with Gasteiger partial charge in [0.15, 0.2) is 0 Å². The normalized spacial score (nSPS) is 15.7. The third-order valence-electron chi connectivity index (χ3n) is 5.55. The zero-order chi connectivity index (χ0) is 22.5. The van der Waals surface area contributed by atoms with Crippen LogP contribution in [-0.2, 0) is 11.3 Å². The minimum absolute atomic E-state index is 0.0557. The summed E-state index contributed by atoms with van der Waals surface area (Å²) >= 11 is 7.47. The van der Waals surface area contributed by atoms with Crippen molar-refractivity contribution in [2.45, 2.75) is 12.7 Å². The van der Waals surface area contributed by atoms with E-state index in [-0.39, 0.29) is 18.1 Å². The number of thiophene rings is 1. The fourth-order valence-electron chi connectivity index (χ4n) is 3.71. The lowest BCUT2D eigenvalue weighted by molar-refractivity contribution is 0.00150. The molecule has 1 fully saturated rings. The second kappa shape index (κ2) is 10.5. The quantitative estimate of drug-likeness (QED) is 0.458. The summed E-state index contributed by atoms with van der Waals surface area (Å²) in [5.41, 5.74) is 0.793. The van der Waals surface area contributed by atoms with Crippen LogP contribution < -0.4 is 0 Å². The van der Waals surface area contributed by atoms with Gasteiger partial charge in [-0.1, -0.05) is 35.9 Å². The zero-order valence-electron chi connectivity index (χ0n) is 17.3. The molecule has 1 aliphatic rings. The van der Waals surface area contributed by atoms with Gasteiger partial charge >= 0.3 is 0 Å². The molecule has 1 amide bonds. The Hall–Kier alpha value is -2.32. The van der Waals surface area contributed by atoms with Gasteiger partial charge in [-0.25, -0.2) is 8.78 Å². The third-order valence-corrected chi connectivity index (χ3v) is 6.66. The molecule has 1 saturated heterocycles. The van der Waals surface area contributed by atoms with Crippen LogP contribution in [0.15, 0.2) is 60.0 Å². The van der Waals surface area contributed by atoms with E-state index in [1.165, 1.54) is 29.5 Å². The minimum atomic E-state index is -0.624. The van der Waals surface area contributed by atoms with Gasteiger partial charge in [0.1, 0.15) is 11.6 Å². The Morgan fingerprint density at radius 2 is 1.69 bits per heavy atom. The van der Waals surface area contributed by atoms with E-state index in [1.54, 1.807) is 12.1 Å². The lowest BCUT2D eigenvalue weighted by atomic mass is 10.1. The number of benzene rings is 2. The molecule has 0 N–H and O–H groups in total. The van der Waals surface area contributed by atoms with Crippen molar-refractivity contribution < 1.29 is 18.3 Å². The minimum Gasteiger partial charge on any atom is -0.367 e. The van der Waals surface area contributed by atoms with Crippen LogP contribution in [0, 0.1) is 11.6 Å². The number of ether oxygens (including phenoxy) is 1. The Bertz CT molecular complexity index is 1020. The molecule has 8 heteroatoms. The molecule has 0 aliphatic carbocycles. The number of rotatable bonds is 7. The van der Waals surface area contributed by atoms with Crippen LogP contribution in [0.5, 0.6) is 0 Å². The lowest BCUT2D eigenvalue weighted by Gasteiger charge is -2.36. The molecule has 0 saturated carbocycles. The number of piperazine rings is 1. The van der Waals surface area contributed by atoms with E-state index < -0.39 is 17.7 Å². The first-order valence-electron chi connectivity index (χ1n) is 10.4. The Labute approximate surface area is 195 Å². The Balaban J connectivity index is 1.41. The fourth-order valence-corrected chi connectivity index (χ4v) is 4.53. The van der Waals surface area contributed by atoms with Crippen LogP contribution in [0.3, 0.4) is 0 Å². The molecule has 1 atom stereocenters. The molecule has 0 spiro atoms. The van der Waals surface area contributed by atoms with Crippen molar-refractivity contribution in [3.05, 3.63) is 92.6 Å². The molecule has 4 nitrogen and oxygen atoms in total. The van der Waals surface area contributed by atoms with E-state index in [9.17, 15) is 13.6 Å². The summed E-state index contributed by atoms with van der Waals surface area (Å²) < 4.78 is 34.1. The van der Waals surface area contributed by atoms with Crippen LogP contribution in [0.2, 0.25) is 5.02 Å². The highest BCUT2D eigenvalue weighted by molar-refractivity contribution is 7.12. The number of amides is 1. The van der Waals surface area contributed by atoms with E-state index in [0.717, 1.165) is 10.4 Å². The number of halogens is 3. The molecule has 3 aromatic rings. The van der Waals surface area contributed by atoms with Crippen LogP contribution in [0.4, 0.5) is 8.78 Å². The summed E-state index contributed by atoms with van der Waals surface area (Å²) in [5, 5.41) is 2.50. The highest BCUT2D eigenvalue weighted by atomic mass is 35.5. The Morgan fingerprint density at radius 1 is 1.00 bits per heavy atom. The molecule has 0 radical (unpaired) electrons. The van der Waals surface area contributed by atoms with Crippen molar-refractivity contribution in [1.29, 1.82) is 0 Å². The number of carbonyl (C=O) groups is 1. The van der Waals surface area contributed by atoms with Gasteiger partial charge in [0, 0.05) is 43.3 Å². The first kappa shape index (κ1) is 22.9. The van der Waals surface area contributed by atoms with E-state index >= 15 is 0 Å². The molecule has 1 aliphatic heterocycles. The first-order valence-corrected chi connectivity index (χ1v) is 11.6. The second-order valence-corrected chi connectivity index (χ2v) is 9.01. The first-order chi connectivity index (χ1) is 15.5. The van der Waals surface area contributed by atoms with Gasteiger partial charge in [0.05, 0.1) is 17.6 Å². The fraction of sp³-hybridized carbons (Fsp3) is 0.292. The van der Waals surface area contributed by atoms with Gasteiger partial charge < -0.3 is 9.64 Å². The maximum absolute atomic E-state index is 14.1. The van der Waals surface area contributed by atoms with Gasteiger partial charge in [-0.3, -0.25) is 9.69 Å². The van der Waals surface area contributed by atoms with Gasteiger partial charge in [0.25, 0.3) is 5.91 Å². The average molecular weight is 477 g/mol. The van der Waals surface area contributed by atoms with Gasteiger partial charge in [0.2, 0.25) is 0 Å². The molecule has 0 unspecified atom stereocenters. The van der Waals surface area contributed by atoms with E-state index in [0.29, 0.717) is 37.7 Å². The summed E-state index contributed by atoms with van der Waals surface area (Å²) in [6.45, 7) is 2.98. The highest BCUT2D eigenvalue weighted by Crippen LogP contribution is 2.25. The predicted molar refractivity (Wildman–Crippen MR) is 122 cm³/mol. The van der Waals surface area contributed by atoms with E-state index in [4.69, 9.17) is 16.3 Å². The third kappa shape index (κ3) is 5.53. The molecule has 0 bridgehead atoms. The van der Waals surface area contributed by atoms with Crippen molar-refractivity contribution in [2.75, 3.05) is 32.7 Å². The second-order valence-electron chi connectivity index (χ2n) is 7.62. The summed E-state index contributed by atoms with van der Waals surface area (Å²) in [5.74, 6) is -1.19. The zero-order valence-corrected chi connectivity index (χ0v) is 18.9. The summed E-state index contributed by atoms with van der Waals surface area (Å²) in [7, 11) is 0. The number of hydrogen-bond donors (Lipinski definition) is 0. The van der Waals surface area contributed by atoms with Crippen molar-refractivity contribution in [2.24, 2.45) is 0 Å². The summed E-state index contributed by atoms with van der Waals surface area (Å²) in [6.07, 6.45) is -0.397. The standard InChI is InChI=1S/C24H23ClF2N2O2S/c25-18-8-6-17(7-9-18)22(31-16-19-20(26)3-1-4-21(19)27)15-28-10-12-29(13-11-28)24(30)23-5-2-14-32-23/h1-9,14,22H,10-13,15-16H2/t22-/m1/s1. The molecule has 2 aromatic carbocycles. The van der Waals surface area contributed by atoms with Crippen molar-refractivity contribution >= 4 is 28.8 Å². The van der Waals surface area contributed by atoms with E-state index in [2.05, 4.69) is 4.90 Å². The monoisotopic (exact) mass is 476 g/mol. The summed E-state index contributed by atoms with van der Waals surface area (Å²) in [6, 6.07) is 14.8. The van der Waals surface area contributed by atoms with Crippen molar-refractivity contribution in [1.82, 2.24) is 9.80 Å². The Kier molecular flexibility index (Phi) is 7.52. The lowest BCUT2D eigenvalue weighted by Crippen LogP contribution is -2.49. The molecule has 2 heterocycles. The number of hydrogen-bond acceptors (Lipinski definition) is 4. The van der Waals surface area contributed by atoms with Crippen molar-refractivity contribution in [3.63, 3.8) is 0 Å². The van der Waals surface area contributed by atoms with Gasteiger partial charge in [-0.15, -0.1) is 11.3 Å². The molecule has 168 valence electrons. The molecular weight excluding hydrogens is 454 g/mol. The van der Waals surface area contributed by atoms with Crippen LogP contribution >= 0.6 is 22.9 Å². The van der Waals surface area contributed by atoms with Crippen LogP contribution in [-0.4, -0.2) is 48.4 Å². The van der Waals surface area contributed by atoms with Crippen LogP contribution in [0.1, 0.15) is 26.9 Å². The van der Waals surface area contributed by atoms with Gasteiger partial charge in [-0.05, 0) is 41.3 Å². The topological polar surface area (TPSA) is 32.8 Å².